The van der Waals surface area contributed by atoms with Crippen LogP contribution in [0.1, 0.15) is 12.8 Å². The molecule has 1 atom stereocenters. The Morgan fingerprint density at radius 2 is 2.15 bits per heavy atom. The second-order valence-corrected chi connectivity index (χ2v) is 5.76. The minimum atomic E-state index is -0.247. The predicted molar refractivity (Wildman–Crippen MR) is 83.0 cm³/mol. The largest absolute Gasteiger partial charge is 0.340 e. The normalized spacial score (nSPS) is 18.5. The summed E-state index contributed by atoms with van der Waals surface area (Å²) in [7, 11) is 1.94. The fourth-order valence-electron chi connectivity index (χ4n) is 2.21. The first-order chi connectivity index (χ1) is 9.19. The molecule has 0 aromatic heterocycles. The van der Waals surface area contributed by atoms with Crippen molar-refractivity contribution >= 4 is 30.1 Å². The van der Waals surface area contributed by atoms with Crippen LogP contribution in [0.4, 0.5) is 4.39 Å². The minimum absolute atomic E-state index is 0. The van der Waals surface area contributed by atoms with E-state index in [-0.39, 0.29) is 24.1 Å². The van der Waals surface area contributed by atoms with E-state index >= 15 is 0 Å². The number of likely N-dealkylation sites (N-methyl/N-ethyl adjacent to an activating group) is 1. The highest BCUT2D eigenvalue weighted by Crippen LogP contribution is 2.19. The average molecular weight is 319 g/mol. The number of nitrogens with zero attached hydrogens (tertiary/aromatic N) is 1. The lowest BCUT2D eigenvalue weighted by atomic mass is 10.1. The monoisotopic (exact) mass is 318 g/mol. The summed E-state index contributed by atoms with van der Waals surface area (Å²) in [4.78, 5) is 14.9. The summed E-state index contributed by atoms with van der Waals surface area (Å²) in [6.07, 6.45) is 2.18. The van der Waals surface area contributed by atoms with Gasteiger partial charge in [-0.3, -0.25) is 4.79 Å². The molecular formula is C14H20ClFN2OS. The van der Waals surface area contributed by atoms with E-state index in [0.29, 0.717) is 11.8 Å². The van der Waals surface area contributed by atoms with Gasteiger partial charge in [0.2, 0.25) is 5.91 Å². The summed E-state index contributed by atoms with van der Waals surface area (Å²) < 4.78 is 12.8. The maximum absolute atomic E-state index is 12.8. The number of likely N-dealkylation sites (tertiary alicyclic amines) is 1. The number of halogens is 2. The van der Waals surface area contributed by atoms with E-state index in [1.165, 1.54) is 23.9 Å². The van der Waals surface area contributed by atoms with Gasteiger partial charge in [-0.2, -0.15) is 0 Å². The van der Waals surface area contributed by atoms with Gasteiger partial charge in [-0.25, -0.2) is 4.39 Å². The van der Waals surface area contributed by atoms with Crippen molar-refractivity contribution in [3.63, 3.8) is 0 Å². The number of benzene rings is 1. The fraction of sp³-hybridized carbons (Fsp3) is 0.500. The zero-order chi connectivity index (χ0) is 13.7. The molecule has 0 radical (unpaired) electrons. The van der Waals surface area contributed by atoms with Crippen molar-refractivity contribution in [1.82, 2.24) is 10.2 Å². The van der Waals surface area contributed by atoms with Gasteiger partial charge in [0.25, 0.3) is 0 Å². The van der Waals surface area contributed by atoms with E-state index < -0.39 is 0 Å². The summed E-state index contributed by atoms with van der Waals surface area (Å²) in [6.45, 7) is 1.64. The van der Waals surface area contributed by atoms with Crippen LogP contribution in [0.15, 0.2) is 29.2 Å². The van der Waals surface area contributed by atoms with Gasteiger partial charge in [0, 0.05) is 24.0 Å². The quantitative estimate of drug-likeness (QED) is 0.866. The van der Waals surface area contributed by atoms with Crippen LogP contribution >= 0.6 is 24.2 Å². The molecular weight excluding hydrogens is 299 g/mol. The zero-order valence-electron chi connectivity index (χ0n) is 11.5. The molecule has 0 aliphatic carbocycles. The van der Waals surface area contributed by atoms with Crippen molar-refractivity contribution in [2.75, 3.05) is 25.9 Å². The molecule has 3 nitrogen and oxygen atoms in total. The number of rotatable bonds is 4. The van der Waals surface area contributed by atoms with E-state index in [4.69, 9.17) is 0 Å². The maximum atomic E-state index is 12.8. The third-order valence-corrected chi connectivity index (χ3v) is 4.36. The molecule has 0 spiro atoms. The van der Waals surface area contributed by atoms with E-state index in [1.54, 1.807) is 12.1 Å². The maximum Gasteiger partial charge on any atom is 0.232 e. The lowest BCUT2D eigenvalue weighted by molar-refractivity contribution is -0.129. The van der Waals surface area contributed by atoms with Gasteiger partial charge in [-0.05, 0) is 44.2 Å². The zero-order valence-corrected chi connectivity index (χ0v) is 13.1. The van der Waals surface area contributed by atoms with Crippen LogP contribution < -0.4 is 5.32 Å². The molecule has 6 heteroatoms. The van der Waals surface area contributed by atoms with Crippen molar-refractivity contribution in [3.8, 4) is 0 Å². The molecule has 112 valence electrons. The summed E-state index contributed by atoms with van der Waals surface area (Å²) >= 11 is 1.46. The first-order valence-corrected chi connectivity index (χ1v) is 7.51. The van der Waals surface area contributed by atoms with Crippen molar-refractivity contribution < 1.29 is 9.18 Å². The van der Waals surface area contributed by atoms with Gasteiger partial charge in [-0.15, -0.1) is 24.2 Å². The molecule has 1 saturated heterocycles. The SMILES string of the molecule is CNC1CCCN(C(=O)CSc2ccc(F)cc2)C1.Cl. The van der Waals surface area contributed by atoms with E-state index in [0.717, 1.165) is 30.8 Å². The molecule has 1 aliphatic rings. The molecule has 20 heavy (non-hydrogen) atoms. The van der Waals surface area contributed by atoms with Crippen LogP contribution in [0, 0.1) is 5.82 Å². The molecule has 1 fully saturated rings. The van der Waals surface area contributed by atoms with Gasteiger partial charge in [0.05, 0.1) is 5.75 Å². The summed E-state index contributed by atoms with van der Waals surface area (Å²) in [5, 5.41) is 3.23. The molecule has 2 rings (SSSR count). The van der Waals surface area contributed by atoms with E-state index in [2.05, 4.69) is 5.32 Å². The standard InChI is InChI=1S/C14H19FN2OS.ClH/c1-16-12-3-2-8-17(9-12)14(18)10-19-13-6-4-11(15)5-7-13;/h4-7,12,16H,2-3,8-10H2,1H3;1H. The molecule has 1 unspecified atom stereocenters. The molecule has 1 heterocycles. The number of amides is 1. The second kappa shape index (κ2) is 8.49. The Morgan fingerprint density at radius 3 is 2.80 bits per heavy atom. The van der Waals surface area contributed by atoms with Crippen LogP contribution in [0.2, 0.25) is 0 Å². The summed E-state index contributed by atoms with van der Waals surface area (Å²) in [5.74, 6) is 0.333. The molecule has 1 aromatic rings. The van der Waals surface area contributed by atoms with Crippen LogP contribution in [0.3, 0.4) is 0 Å². The van der Waals surface area contributed by atoms with Crippen molar-refractivity contribution in [1.29, 1.82) is 0 Å². The summed E-state index contributed by atoms with van der Waals surface area (Å²) in [6, 6.07) is 6.67. The van der Waals surface area contributed by atoms with E-state index in [1.807, 2.05) is 11.9 Å². The highest BCUT2D eigenvalue weighted by Gasteiger charge is 2.22. The molecule has 1 amide bonds. The highest BCUT2D eigenvalue weighted by molar-refractivity contribution is 8.00. The van der Waals surface area contributed by atoms with Crippen molar-refractivity contribution in [2.24, 2.45) is 0 Å². The Hall–Kier alpha value is -0.780. The van der Waals surface area contributed by atoms with Gasteiger partial charge >= 0.3 is 0 Å². The van der Waals surface area contributed by atoms with Crippen LogP contribution in [-0.4, -0.2) is 42.7 Å². The molecule has 0 bridgehead atoms. The molecule has 1 aliphatic heterocycles. The number of carbonyl (C=O) groups excluding carboxylic acids is 1. The highest BCUT2D eigenvalue weighted by atomic mass is 35.5. The van der Waals surface area contributed by atoms with Crippen LogP contribution in [-0.2, 0) is 4.79 Å². The van der Waals surface area contributed by atoms with Gasteiger partial charge in [0.15, 0.2) is 0 Å². The number of hydrogen-bond donors (Lipinski definition) is 1. The third kappa shape index (κ3) is 4.96. The van der Waals surface area contributed by atoms with Crippen molar-refractivity contribution in [3.05, 3.63) is 30.1 Å². The number of piperidine rings is 1. The molecule has 0 saturated carbocycles. The first-order valence-electron chi connectivity index (χ1n) is 6.52. The Bertz CT molecular complexity index is 430. The Kier molecular flexibility index (Phi) is 7.34. The van der Waals surface area contributed by atoms with Gasteiger partial charge in [0.1, 0.15) is 5.82 Å². The molecule has 1 aromatic carbocycles. The minimum Gasteiger partial charge on any atom is -0.340 e. The predicted octanol–water partition coefficient (Wildman–Crippen LogP) is 2.55. The van der Waals surface area contributed by atoms with Crippen molar-refractivity contribution in [2.45, 2.75) is 23.8 Å². The number of hydrogen-bond acceptors (Lipinski definition) is 3. The number of thioether (sulfide) groups is 1. The Labute approximate surface area is 129 Å². The van der Waals surface area contributed by atoms with Gasteiger partial charge in [-0.1, -0.05) is 0 Å². The first kappa shape index (κ1) is 17.3. The average Bonchev–Trinajstić information content (AvgIpc) is 2.46. The second-order valence-electron chi connectivity index (χ2n) is 4.71. The summed E-state index contributed by atoms with van der Waals surface area (Å²) in [5.41, 5.74) is 0. The third-order valence-electron chi connectivity index (χ3n) is 3.36. The number of nitrogens with one attached hydrogen (secondary N) is 1. The fourth-order valence-corrected chi connectivity index (χ4v) is 3.01. The van der Waals surface area contributed by atoms with Gasteiger partial charge < -0.3 is 10.2 Å². The van der Waals surface area contributed by atoms with Crippen LogP contribution in [0.5, 0.6) is 0 Å². The van der Waals surface area contributed by atoms with E-state index in [9.17, 15) is 9.18 Å². The lowest BCUT2D eigenvalue weighted by Crippen LogP contribution is -2.47. The Morgan fingerprint density at radius 1 is 1.45 bits per heavy atom. The topological polar surface area (TPSA) is 32.3 Å². The number of carbonyl (C=O) groups is 1. The lowest BCUT2D eigenvalue weighted by Gasteiger charge is -2.32. The Balaban J connectivity index is 0.00000200. The smallest absolute Gasteiger partial charge is 0.232 e. The van der Waals surface area contributed by atoms with Crippen LogP contribution in [0.25, 0.3) is 0 Å². The molecule has 1 N–H and O–H groups in total.